The maximum absolute atomic E-state index is 11.3. The molecule has 0 saturated carbocycles. The maximum atomic E-state index is 11.3. The lowest BCUT2D eigenvalue weighted by molar-refractivity contribution is 0.595. The number of nitrogens with one attached hydrogen (secondary N) is 1. The predicted octanol–water partition coefficient (Wildman–Crippen LogP) is 0.781. The van der Waals surface area contributed by atoms with Gasteiger partial charge in [0.25, 0.3) is 0 Å². The first-order valence-electron chi connectivity index (χ1n) is 4.81. The lowest BCUT2D eigenvalue weighted by Crippen LogP contribution is -2.16. The molecule has 1 rings (SSSR count). The number of anilines is 1. The summed E-state index contributed by atoms with van der Waals surface area (Å²) in [6.07, 6.45) is 2.76. The Kier molecular flexibility index (Phi) is 5.87. The summed E-state index contributed by atoms with van der Waals surface area (Å²) in [6, 6.07) is 0. The summed E-state index contributed by atoms with van der Waals surface area (Å²) >= 11 is 10.9. The molecule has 17 heavy (non-hydrogen) atoms. The van der Waals surface area contributed by atoms with Crippen molar-refractivity contribution in [1.82, 2.24) is 15.0 Å². The van der Waals surface area contributed by atoms with Crippen LogP contribution in [0.2, 0.25) is 5.28 Å². The third kappa shape index (κ3) is 5.99. The molecule has 0 aliphatic rings. The predicted molar refractivity (Wildman–Crippen MR) is 66.2 cm³/mol. The molecular weight excluding hydrogens is 287 g/mol. The summed E-state index contributed by atoms with van der Waals surface area (Å²) in [5.74, 6) is 0.475. The van der Waals surface area contributed by atoms with E-state index in [1.165, 1.54) is 0 Å². The molecule has 0 saturated heterocycles. The highest BCUT2D eigenvalue weighted by atomic mass is 35.5. The molecule has 1 N–H and O–H groups in total. The molecular formula is C8H11Cl2N4O2S. The van der Waals surface area contributed by atoms with Crippen molar-refractivity contribution in [2.45, 2.75) is 6.42 Å². The van der Waals surface area contributed by atoms with Gasteiger partial charge in [0.05, 0.1) is 11.5 Å². The Labute approximate surface area is 110 Å². The number of alkyl halides is 1. The van der Waals surface area contributed by atoms with Crippen LogP contribution in [0.4, 0.5) is 5.95 Å². The van der Waals surface area contributed by atoms with Gasteiger partial charge in [-0.2, -0.15) is 15.0 Å². The Morgan fingerprint density at radius 3 is 2.71 bits per heavy atom. The third-order valence-corrected chi connectivity index (χ3v) is 4.12. The molecule has 0 amide bonds. The fraction of sp³-hybridized carbons (Fsp3) is 0.625. The molecule has 1 aromatic heterocycles. The monoisotopic (exact) mass is 297 g/mol. The van der Waals surface area contributed by atoms with Gasteiger partial charge in [0, 0.05) is 12.4 Å². The van der Waals surface area contributed by atoms with Crippen LogP contribution in [0.25, 0.3) is 0 Å². The van der Waals surface area contributed by atoms with Crippen molar-refractivity contribution in [3.8, 4) is 0 Å². The maximum Gasteiger partial charge on any atom is 0.227 e. The van der Waals surface area contributed by atoms with Gasteiger partial charge < -0.3 is 5.32 Å². The standard InChI is InChI=1S/C8H11Cl2N4O2S/c9-2-5-17(15,16)4-1-3-11-8-13-6-12-7(10)14-8/h1-5H2,(H,11,12,13,14). The number of hydrogen-bond acceptors (Lipinski definition) is 6. The van der Waals surface area contributed by atoms with Crippen LogP contribution in [0, 0.1) is 6.33 Å². The third-order valence-electron chi connectivity index (χ3n) is 1.80. The molecule has 1 heterocycles. The average molecular weight is 298 g/mol. The van der Waals surface area contributed by atoms with E-state index in [0.29, 0.717) is 13.0 Å². The van der Waals surface area contributed by atoms with Gasteiger partial charge in [0.1, 0.15) is 0 Å². The summed E-state index contributed by atoms with van der Waals surface area (Å²) in [6.45, 7) is 0.426. The van der Waals surface area contributed by atoms with Crippen LogP contribution < -0.4 is 5.32 Å². The van der Waals surface area contributed by atoms with Gasteiger partial charge >= 0.3 is 0 Å². The molecule has 1 aromatic rings. The Morgan fingerprint density at radius 2 is 2.06 bits per heavy atom. The van der Waals surface area contributed by atoms with Crippen molar-refractivity contribution in [2.75, 3.05) is 29.2 Å². The Morgan fingerprint density at radius 1 is 1.29 bits per heavy atom. The number of nitrogens with zero attached hydrogens (tertiary/aromatic N) is 3. The average Bonchev–Trinajstić information content (AvgIpc) is 2.24. The fourth-order valence-corrected chi connectivity index (χ4v) is 2.89. The molecule has 0 aliphatic carbocycles. The summed E-state index contributed by atoms with van der Waals surface area (Å²) < 4.78 is 22.6. The van der Waals surface area contributed by atoms with Crippen LogP contribution >= 0.6 is 23.2 Å². The zero-order chi connectivity index (χ0) is 12.7. The number of halogens is 2. The van der Waals surface area contributed by atoms with E-state index < -0.39 is 9.84 Å². The largest absolute Gasteiger partial charge is 0.354 e. The SMILES string of the molecule is O=S(=O)(CCCl)CCCNc1n[c]nc(Cl)n1. The first-order valence-corrected chi connectivity index (χ1v) is 7.55. The Bertz CT molecular complexity index is 455. The van der Waals surface area contributed by atoms with E-state index in [0.717, 1.165) is 0 Å². The topological polar surface area (TPSA) is 84.8 Å². The van der Waals surface area contributed by atoms with Crippen LogP contribution in [0.3, 0.4) is 0 Å². The van der Waals surface area contributed by atoms with E-state index in [2.05, 4.69) is 26.6 Å². The minimum absolute atomic E-state index is 0.0000809. The number of hydrogen-bond donors (Lipinski definition) is 1. The van der Waals surface area contributed by atoms with Crippen molar-refractivity contribution in [1.29, 1.82) is 0 Å². The molecule has 0 aromatic carbocycles. The first kappa shape index (κ1) is 14.4. The van der Waals surface area contributed by atoms with Gasteiger partial charge in [-0.05, 0) is 18.0 Å². The van der Waals surface area contributed by atoms with E-state index in [-0.39, 0.29) is 28.6 Å². The molecule has 9 heteroatoms. The van der Waals surface area contributed by atoms with Gasteiger partial charge in [-0.1, -0.05) is 0 Å². The van der Waals surface area contributed by atoms with Crippen LogP contribution in [-0.4, -0.2) is 47.3 Å². The van der Waals surface area contributed by atoms with Crippen molar-refractivity contribution >= 4 is 39.0 Å². The lowest BCUT2D eigenvalue weighted by Gasteiger charge is -2.04. The number of aromatic nitrogens is 3. The second kappa shape index (κ2) is 6.93. The second-order valence-corrected chi connectivity index (χ2v) is 6.17. The Hall–Kier alpha value is -0.660. The Balaban J connectivity index is 2.29. The van der Waals surface area contributed by atoms with E-state index in [1.54, 1.807) is 0 Å². The van der Waals surface area contributed by atoms with Crippen molar-refractivity contribution in [3.63, 3.8) is 0 Å². The van der Waals surface area contributed by atoms with E-state index in [9.17, 15) is 8.42 Å². The zero-order valence-electron chi connectivity index (χ0n) is 8.86. The molecule has 0 spiro atoms. The molecule has 0 bridgehead atoms. The summed E-state index contributed by atoms with van der Waals surface area (Å²) in [5.41, 5.74) is 0. The molecule has 0 fully saturated rings. The molecule has 0 unspecified atom stereocenters. The highest BCUT2D eigenvalue weighted by Crippen LogP contribution is 2.02. The first-order chi connectivity index (χ1) is 8.03. The minimum atomic E-state index is -3.05. The fourth-order valence-electron chi connectivity index (χ4n) is 1.04. The van der Waals surface area contributed by atoms with Crippen LogP contribution in [0.5, 0.6) is 0 Å². The van der Waals surface area contributed by atoms with Crippen LogP contribution in [0.1, 0.15) is 6.42 Å². The van der Waals surface area contributed by atoms with Crippen molar-refractivity contribution in [3.05, 3.63) is 11.6 Å². The molecule has 6 nitrogen and oxygen atoms in total. The molecule has 0 aliphatic heterocycles. The van der Waals surface area contributed by atoms with Crippen molar-refractivity contribution in [2.24, 2.45) is 0 Å². The molecule has 0 atom stereocenters. The van der Waals surface area contributed by atoms with Gasteiger partial charge in [0.2, 0.25) is 17.6 Å². The van der Waals surface area contributed by atoms with Crippen LogP contribution in [-0.2, 0) is 9.84 Å². The van der Waals surface area contributed by atoms with E-state index >= 15 is 0 Å². The van der Waals surface area contributed by atoms with E-state index in [1.807, 2.05) is 0 Å². The van der Waals surface area contributed by atoms with Crippen molar-refractivity contribution < 1.29 is 8.42 Å². The summed E-state index contributed by atoms with van der Waals surface area (Å²) in [4.78, 5) is 11.0. The van der Waals surface area contributed by atoms with Gasteiger partial charge in [0.15, 0.2) is 9.84 Å². The van der Waals surface area contributed by atoms with Crippen LogP contribution in [0.15, 0.2) is 0 Å². The van der Waals surface area contributed by atoms with Gasteiger partial charge in [-0.15, -0.1) is 11.6 Å². The zero-order valence-corrected chi connectivity index (χ0v) is 11.2. The highest BCUT2D eigenvalue weighted by molar-refractivity contribution is 7.91. The summed E-state index contributed by atoms with van der Waals surface area (Å²) in [7, 11) is -3.05. The highest BCUT2D eigenvalue weighted by Gasteiger charge is 2.09. The lowest BCUT2D eigenvalue weighted by atomic mass is 10.5. The van der Waals surface area contributed by atoms with Gasteiger partial charge in [-0.3, -0.25) is 0 Å². The second-order valence-electron chi connectivity index (χ2n) is 3.15. The molecule has 95 valence electrons. The summed E-state index contributed by atoms with van der Waals surface area (Å²) in [5, 5.41) is 2.86. The number of rotatable bonds is 7. The quantitative estimate of drug-likeness (QED) is 0.591. The molecule has 1 radical (unpaired) electrons. The number of sulfone groups is 1. The minimum Gasteiger partial charge on any atom is -0.354 e. The van der Waals surface area contributed by atoms with E-state index in [4.69, 9.17) is 23.2 Å². The normalized spacial score (nSPS) is 11.4. The van der Waals surface area contributed by atoms with Gasteiger partial charge in [-0.25, -0.2) is 8.42 Å². The smallest absolute Gasteiger partial charge is 0.227 e.